The van der Waals surface area contributed by atoms with Crippen LogP contribution in [0, 0.1) is 0 Å². The number of ether oxygens (including phenoxy) is 6. The monoisotopic (exact) mass is 555 g/mol. The summed E-state index contributed by atoms with van der Waals surface area (Å²) in [6, 6.07) is 24.3. The van der Waals surface area contributed by atoms with Gasteiger partial charge in [-0.15, -0.1) is 0 Å². The van der Waals surface area contributed by atoms with Crippen molar-refractivity contribution in [3.8, 4) is 0 Å². The minimum absolute atomic E-state index is 0.0657. The molecule has 2 fully saturated rings. The van der Waals surface area contributed by atoms with Gasteiger partial charge in [0.15, 0.2) is 23.0 Å². The van der Waals surface area contributed by atoms with Gasteiger partial charge in [0.2, 0.25) is 9.84 Å². The van der Waals surface area contributed by atoms with Crippen LogP contribution in [0.5, 0.6) is 0 Å². The Balaban J connectivity index is 1.34. The predicted octanol–water partition coefficient (Wildman–Crippen LogP) is 3.88. The quantitative estimate of drug-likeness (QED) is 0.329. The molecule has 39 heavy (non-hydrogen) atoms. The molecular formula is C29H33NO8S. The van der Waals surface area contributed by atoms with Crippen molar-refractivity contribution in [2.45, 2.75) is 68.6 Å². The van der Waals surface area contributed by atoms with Gasteiger partial charge in [0.25, 0.3) is 0 Å². The molecule has 1 aromatic heterocycles. The Kier molecular flexibility index (Phi) is 8.73. The van der Waals surface area contributed by atoms with Gasteiger partial charge in [0.05, 0.1) is 19.8 Å². The first-order valence-electron chi connectivity index (χ1n) is 12.8. The molecule has 0 aliphatic carbocycles. The van der Waals surface area contributed by atoms with Crippen molar-refractivity contribution in [2.24, 2.45) is 0 Å². The molecule has 9 nitrogen and oxygen atoms in total. The third kappa shape index (κ3) is 7.09. The van der Waals surface area contributed by atoms with Crippen LogP contribution in [0.4, 0.5) is 0 Å². The summed E-state index contributed by atoms with van der Waals surface area (Å²) in [6.07, 6.45) is -2.08. The van der Waals surface area contributed by atoms with Crippen LogP contribution in [0.1, 0.15) is 25.0 Å². The van der Waals surface area contributed by atoms with Crippen molar-refractivity contribution in [2.75, 3.05) is 12.5 Å². The molecule has 0 saturated carbocycles. The summed E-state index contributed by atoms with van der Waals surface area (Å²) in [7, 11) is -3.82. The van der Waals surface area contributed by atoms with Crippen LogP contribution in [0.3, 0.4) is 0 Å². The van der Waals surface area contributed by atoms with E-state index in [1.165, 1.54) is 12.3 Å². The van der Waals surface area contributed by atoms with Crippen LogP contribution in [0.2, 0.25) is 0 Å². The third-order valence-electron chi connectivity index (χ3n) is 6.47. The van der Waals surface area contributed by atoms with Crippen molar-refractivity contribution in [3.05, 3.63) is 96.2 Å². The Morgan fingerprint density at radius 2 is 1.56 bits per heavy atom. The predicted molar refractivity (Wildman–Crippen MR) is 141 cm³/mol. The number of rotatable bonds is 12. The molecule has 2 aliphatic heterocycles. The minimum atomic E-state index is -3.82. The SMILES string of the molecule is CC1(C)O[C@H]2O[C@@H]([C@@H](COCc3ccccc3)OCc3ccccc3)[C@H](OCS(=O)(=O)c3ccccn3)[C@H]2O1. The van der Waals surface area contributed by atoms with E-state index in [9.17, 15) is 8.42 Å². The summed E-state index contributed by atoms with van der Waals surface area (Å²) in [5, 5.41) is -0.0657. The highest BCUT2D eigenvalue weighted by Crippen LogP contribution is 2.40. The molecule has 0 radical (unpaired) electrons. The van der Waals surface area contributed by atoms with E-state index in [4.69, 9.17) is 28.4 Å². The van der Waals surface area contributed by atoms with Crippen molar-refractivity contribution in [3.63, 3.8) is 0 Å². The van der Waals surface area contributed by atoms with Gasteiger partial charge in [0.1, 0.15) is 24.4 Å². The molecule has 0 N–H and O–H groups in total. The Labute approximate surface area is 228 Å². The van der Waals surface area contributed by atoms with Gasteiger partial charge >= 0.3 is 0 Å². The van der Waals surface area contributed by atoms with Crippen molar-refractivity contribution in [1.29, 1.82) is 0 Å². The molecular weight excluding hydrogens is 522 g/mol. The van der Waals surface area contributed by atoms with Gasteiger partial charge in [-0.05, 0) is 37.1 Å². The second-order valence-electron chi connectivity index (χ2n) is 9.94. The first-order chi connectivity index (χ1) is 18.8. The lowest BCUT2D eigenvalue weighted by molar-refractivity contribution is -0.236. The second kappa shape index (κ2) is 12.2. The number of sulfone groups is 1. The first kappa shape index (κ1) is 27.9. The van der Waals surface area contributed by atoms with E-state index in [0.29, 0.717) is 13.2 Å². The summed E-state index contributed by atoms with van der Waals surface area (Å²) >= 11 is 0. The highest BCUT2D eigenvalue weighted by Gasteiger charge is 2.57. The average Bonchev–Trinajstić information content (AvgIpc) is 3.42. The van der Waals surface area contributed by atoms with E-state index in [1.54, 1.807) is 26.0 Å². The van der Waals surface area contributed by atoms with Crippen LogP contribution in [-0.4, -0.2) is 62.4 Å². The molecule has 2 aromatic carbocycles. The smallest absolute Gasteiger partial charge is 0.219 e. The molecule has 5 rings (SSSR count). The van der Waals surface area contributed by atoms with Crippen LogP contribution in [0.15, 0.2) is 90.1 Å². The van der Waals surface area contributed by atoms with E-state index in [1.807, 2.05) is 60.7 Å². The summed E-state index contributed by atoms with van der Waals surface area (Å²) < 4.78 is 62.7. The van der Waals surface area contributed by atoms with Gasteiger partial charge < -0.3 is 28.4 Å². The zero-order valence-corrected chi connectivity index (χ0v) is 22.7. The Morgan fingerprint density at radius 3 is 2.23 bits per heavy atom. The number of hydrogen-bond donors (Lipinski definition) is 0. The summed E-state index contributed by atoms with van der Waals surface area (Å²) in [6.45, 7) is 4.42. The largest absolute Gasteiger partial charge is 0.374 e. The fraction of sp³-hybridized carbons (Fsp3) is 0.414. The van der Waals surface area contributed by atoms with Gasteiger partial charge in [-0.25, -0.2) is 13.4 Å². The van der Waals surface area contributed by atoms with Crippen molar-refractivity contribution >= 4 is 9.84 Å². The maximum Gasteiger partial charge on any atom is 0.219 e. The Hall–Kier alpha value is -2.70. The Morgan fingerprint density at radius 1 is 0.897 bits per heavy atom. The molecule has 0 spiro atoms. The summed E-state index contributed by atoms with van der Waals surface area (Å²) in [4.78, 5) is 3.97. The van der Waals surface area contributed by atoms with Crippen LogP contribution < -0.4 is 0 Å². The number of hydrogen-bond acceptors (Lipinski definition) is 9. The molecule has 3 aromatic rings. The number of nitrogens with zero attached hydrogens (tertiary/aromatic N) is 1. The standard InChI is InChI=1S/C29H33NO8S/c1-29(2)37-27-26(35-20-39(31,32)24-15-9-10-16-30-24)25(36-28(27)38-29)23(34-18-22-13-7-4-8-14-22)19-33-17-21-11-5-3-6-12-21/h3-16,23,25-28H,17-20H2,1-2H3/t23-,25+,26+,27-,28-/m1/s1. The van der Waals surface area contributed by atoms with Crippen molar-refractivity contribution < 1.29 is 36.8 Å². The van der Waals surface area contributed by atoms with E-state index in [-0.39, 0.29) is 11.6 Å². The van der Waals surface area contributed by atoms with Crippen LogP contribution in [-0.2, 0) is 51.5 Å². The van der Waals surface area contributed by atoms with Crippen LogP contribution in [0.25, 0.3) is 0 Å². The van der Waals surface area contributed by atoms with E-state index >= 15 is 0 Å². The Bertz CT molecular complexity index is 1290. The molecule has 208 valence electrons. The van der Waals surface area contributed by atoms with Gasteiger partial charge in [-0.1, -0.05) is 66.7 Å². The molecule has 0 amide bonds. The normalized spacial score (nSPS) is 24.9. The highest BCUT2D eigenvalue weighted by molar-refractivity contribution is 7.91. The van der Waals surface area contributed by atoms with E-state index < -0.39 is 52.3 Å². The molecule has 2 aliphatic rings. The first-order valence-corrected chi connectivity index (χ1v) is 14.5. The summed E-state index contributed by atoms with van der Waals surface area (Å²) in [5.74, 6) is -1.51. The molecule has 0 bridgehead atoms. The average molecular weight is 556 g/mol. The molecule has 2 saturated heterocycles. The molecule has 5 atom stereocenters. The van der Waals surface area contributed by atoms with Gasteiger partial charge in [0, 0.05) is 6.20 Å². The number of aromatic nitrogens is 1. The minimum Gasteiger partial charge on any atom is -0.374 e. The molecule has 0 unspecified atom stereocenters. The highest BCUT2D eigenvalue weighted by atomic mass is 32.2. The van der Waals surface area contributed by atoms with Crippen LogP contribution >= 0.6 is 0 Å². The van der Waals surface area contributed by atoms with E-state index in [2.05, 4.69) is 4.98 Å². The second-order valence-corrected chi connectivity index (χ2v) is 11.8. The van der Waals surface area contributed by atoms with Gasteiger partial charge in [-0.2, -0.15) is 0 Å². The summed E-state index contributed by atoms with van der Waals surface area (Å²) in [5.41, 5.74) is 2.00. The molecule has 3 heterocycles. The number of pyridine rings is 1. The fourth-order valence-corrected chi connectivity index (χ4v) is 5.60. The zero-order chi connectivity index (χ0) is 27.3. The zero-order valence-electron chi connectivity index (χ0n) is 21.9. The lowest BCUT2D eigenvalue weighted by atomic mass is 10.1. The third-order valence-corrected chi connectivity index (χ3v) is 7.79. The van der Waals surface area contributed by atoms with E-state index in [0.717, 1.165) is 11.1 Å². The maximum atomic E-state index is 13.0. The maximum absolute atomic E-state index is 13.0. The number of benzene rings is 2. The fourth-order valence-electron chi connectivity index (χ4n) is 4.64. The van der Waals surface area contributed by atoms with Gasteiger partial charge in [-0.3, -0.25) is 0 Å². The van der Waals surface area contributed by atoms with Crippen molar-refractivity contribution in [1.82, 2.24) is 4.98 Å². The topological polar surface area (TPSA) is 102 Å². The number of fused-ring (bicyclic) bond motifs is 1. The molecule has 10 heteroatoms. The lowest BCUT2D eigenvalue weighted by Gasteiger charge is -2.31. The lowest BCUT2D eigenvalue weighted by Crippen LogP contribution is -2.46.